The van der Waals surface area contributed by atoms with Crippen LogP contribution in [0.5, 0.6) is 0 Å². The zero-order valence-corrected chi connectivity index (χ0v) is 11.8. The highest BCUT2D eigenvalue weighted by molar-refractivity contribution is 7.99. The number of benzene rings is 1. The summed E-state index contributed by atoms with van der Waals surface area (Å²) in [4.78, 5) is 0.943. The topological polar surface area (TPSA) is 21.3 Å². The maximum absolute atomic E-state index is 11.8. The number of hydrogen-bond acceptors (Lipinski definition) is 3. The summed E-state index contributed by atoms with van der Waals surface area (Å²) in [7, 11) is 0. The Balaban J connectivity index is 2.36. The van der Waals surface area contributed by atoms with E-state index in [1.807, 2.05) is 31.2 Å². The average Bonchev–Trinajstić information content (AvgIpc) is 2.34. The van der Waals surface area contributed by atoms with E-state index < -0.39 is 6.36 Å². The standard InChI is InChI=1S/C13H18F3NOS/c1-3-17-10(2)11-4-6-12(7-5-11)19-9-8-18-13(14,15)16/h4-7,10,17H,3,8-9H2,1-2H3. The van der Waals surface area contributed by atoms with Gasteiger partial charge in [0.25, 0.3) is 0 Å². The molecule has 0 spiro atoms. The summed E-state index contributed by atoms with van der Waals surface area (Å²) in [5, 5.41) is 3.30. The van der Waals surface area contributed by atoms with E-state index in [1.54, 1.807) is 0 Å². The molecule has 0 fully saturated rings. The molecule has 0 aliphatic carbocycles. The second-order valence-electron chi connectivity index (χ2n) is 3.99. The van der Waals surface area contributed by atoms with E-state index >= 15 is 0 Å². The average molecular weight is 293 g/mol. The molecule has 1 unspecified atom stereocenters. The van der Waals surface area contributed by atoms with Gasteiger partial charge in [0.05, 0.1) is 6.61 Å². The smallest absolute Gasteiger partial charge is 0.310 e. The third-order valence-electron chi connectivity index (χ3n) is 2.51. The van der Waals surface area contributed by atoms with E-state index in [1.165, 1.54) is 11.8 Å². The summed E-state index contributed by atoms with van der Waals surface area (Å²) >= 11 is 1.35. The minimum Gasteiger partial charge on any atom is -0.310 e. The third kappa shape index (κ3) is 6.84. The molecule has 0 amide bonds. The Bertz CT molecular complexity index is 367. The van der Waals surface area contributed by atoms with E-state index in [0.29, 0.717) is 0 Å². The van der Waals surface area contributed by atoms with Gasteiger partial charge in [-0.15, -0.1) is 24.9 Å². The number of alkyl halides is 3. The van der Waals surface area contributed by atoms with Crippen LogP contribution in [0.3, 0.4) is 0 Å². The molecule has 6 heteroatoms. The Kier molecular flexibility index (Phi) is 6.68. The van der Waals surface area contributed by atoms with Crippen molar-refractivity contribution in [3.8, 4) is 0 Å². The van der Waals surface area contributed by atoms with Gasteiger partial charge in [-0.1, -0.05) is 19.1 Å². The number of rotatable bonds is 7. The van der Waals surface area contributed by atoms with Crippen molar-refractivity contribution in [1.82, 2.24) is 5.32 Å². The molecule has 0 bridgehead atoms. The molecule has 0 aromatic heterocycles. The van der Waals surface area contributed by atoms with Gasteiger partial charge in [-0.05, 0) is 31.2 Å². The van der Waals surface area contributed by atoms with Crippen LogP contribution in [0.4, 0.5) is 13.2 Å². The molecule has 0 saturated heterocycles. The highest BCUT2D eigenvalue weighted by atomic mass is 32.2. The number of thioether (sulfide) groups is 1. The predicted molar refractivity (Wildman–Crippen MR) is 71.3 cm³/mol. The van der Waals surface area contributed by atoms with Crippen molar-refractivity contribution in [3.63, 3.8) is 0 Å². The lowest BCUT2D eigenvalue weighted by atomic mass is 10.1. The molecule has 0 radical (unpaired) electrons. The molecule has 1 rings (SSSR count). The first-order chi connectivity index (χ1) is 8.92. The summed E-state index contributed by atoms with van der Waals surface area (Å²) in [5.41, 5.74) is 1.16. The van der Waals surface area contributed by atoms with Gasteiger partial charge in [0.2, 0.25) is 0 Å². The van der Waals surface area contributed by atoms with Gasteiger partial charge in [-0.25, -0.2) is 0 Å². The quantitative estimate of drug-likeness (QED) is 0.607. The molecule has 1 aromatic carbocycles. The van der Waals surface area contributed by atoms with Crippen molar-refractivity contribution in [1.29, 1.82) is 0 Å². The highest BCUT2D eigenvalue weighted by Crippen LogP contribution is 2.22. The molecule has 0 aliphatic heterocycles. The minimum atomic E-state index is -4.54. The zero-order valence-electron chi connectivity index (χ0n) is 11.0. The SMILES string of the molecule is CCNC(C)c1ccc(SCCOC(F)(F)F)cc1. The van der Waals surface area contributed by atoms with Crippen molar-refractivity contribution < 1.29 is 17.9 Å². The van der Waals surface area contributed by atoms with E-state index in [2.05, 4.69) is 17.0 Å². The normalized spacial score (nSPS) is 13.5. The van der Waals surface area contributed by atoms with Gasteiger partial charge in [-0.3, -0.25) is 4.74 Å². The molecule has 0 heterocycles. The molecule has 0 saturated carbocycles. The maximum atomic E-state index is 11.8. The summed E-state index contributed by atoms with van der Waals surface area (Å²) in [6, 6.07) is 8.08. The van der Waals surface area contributed by atoms with Crippen LogP contribution >= 0.6 is 11.8 Å². The van der Waals surface area contributed by atoms with Gasteiger partial charge in [0.15, 0.2) is 0 Å². The number of halogens is 3. The van der Waals surface area contributed by atoms with Crippen molar-refractivity contribution >= 4 is 11.8 Å². The van der Waals surface area contributed by atoms with Crippen LogP contribution in [0.2, 0.25) is 0 Å². The molecule has 1 N–H and O–H groups in total. The number of nitrogens with one attached hydrogen (secondary N) is 1. The Labute approximate surface area is 115 Å². The Morgan fingerprint density at radius 1 is 1.26 bits per heavy atom. The lowest BCUT2D eigenvalue weighted by molar-refractivity contribution is -0.322. The van der Waals surface area contributed by atoms with E-state index in [9.17, 15) is 13.2 Å². The van der Waals surface area contributed by atoms with Crippen molar-refractivity contribution in [3.05, 3.63) is 29.8 Å². The van der Waals surface area contributed by atoms with Gasteiger partial charge < -0.3 is 5.32 Å². The van der Waals surface area contributed by atoms with Crippen LogP contribution in [0, 0.1) is 0 Å². The number of hydrogen-bond donors (Lipinski definition) is 1. The van der Waals surface area contributed by atoms with Crippen molar-refractivity contribution in [2.24, 2.45) is 0 Å². The highest BCUT2D eigenvalue weighted by Gasteiger charge is 2.28. The zero-order chi connectivity index (χ0) is 14.3. The second kappa shape index (κ2) is 7.77. The van der Waals surface area contributed by atoms with Crippen LogP contribution in [-0.2, 0) is 4.74 Å². The fourth-order valence-corrected chi connectivity index (χ4v) is 2.32. The minimum absolute atomic E-state index is 0.276. The van der Waals surface area contributed by atoms with Gasteiger partial charge in [0, 0.05) is 16.7 Å². The summed E-state index contributed by atoms with van der Waals surface area (Å²) < 4.78 is 39.0. The van der Waals surface area contributed by atoms with Crippen LogP contribution in [0.15, 0.2) is 29.2 Å². The van der Waals surface area contributed by atoms with E-state index in [-0.39, 0.29) is 18.4 Å². The molecule has 1 aromatic rings. The molecule has 108 valence electrons. The first-order valence-electron chi connectivity index (χ1n) is 6.09. The van der Waals surface area contributed by atoms with Crippen LogP contribution < -0.4 is 5.32 Å². The van der Waals surface area contributed by atoms with E-state index in [4.69, 9.17) is 0 Å². The molecular weight excluding hydrogens is 275 g/mol. The van der Waals surface area contributed by atoms with Crippen LogP contribution in [0.25, 0.3) is 0 Å². The summed E-state index contributed by atoms with van der Waals surface area (Å²) in [5.74, 6) is 0.279. The fourth-order valence-electron chi connectivity index (χ4n) is 1.59. The Morgan fingerprint density at radius 2 is 1.89 bits per heavy atom. The Hall–Kier alpha value is -0.720. The summed E-state index contributed by atoms with van der Waals surface area (Å²) in [6.07, 6.45) is -4.54. The lowest BCUT2D eigenvalue weighted by Gasteiger charge is -2.13. The summed E-state index contributed by atoms with van der Waals surface area (Å²) in [6.45, 7) is 4.68. The third-order valence-corrected chi connectivity index (χ3v) is 3.48. The molecule has 19 heavy (non-hydrogen) atoms. The van der Waals surface area contributed by atoms with Crippen molar-refractivity contribution in [2.45, 2.75) is 31.1 Å². The monoisotopic (exact) mass is 293 g/mol. The van der Waals surface area contributed by atoms with E-state index in [0.717, 1.165) is 17.0 Å². The first kappa shape index (κ1) is 16.3. The largest absolute Gasteiger partial charge is 0.522 e. The second-order valence-corrected chi connectivity index (χ2v) is 5.16. The molecule has 1 atom stereocenters. The molecular formula is C13H18F3NOS. The van der Waals surface area contributed by atoms with Crippen molar-refractivity contribution in [2.75, 3.05) is 18.9 Å². The van der Waals surface area contributed by atoms with Gasteiger partial charge in [0.1, 0.15) is 0 Å². The fraction of sp³-hybridized carbons (Fsp3) is 0.538. The Morgan fingerprint density at radius 3 is 2.42 bits per heavy atom. The number of ether oxygens (including phenoxy) is 1. The molecule has 2 nitrogen and oxygen atoms in total. The maximum Gasteiger partial charge on any atom is 0.522 e. The lowest BCUT2D eigenvalue weighted by Crippen LogP contribution is -2.17. The first-order valence-corrected chi connectivity index (χ1v) is 7.07. The van der Waals surface area contributed by atoms with Gasteiger partial charge in [-0.2, -0.15) is 0 Å². The predicted octanol–water partition coefficient (Wildman–Crippen LogP) is 3.99. The van der Waals surface area contributed by atoms with Crippen LogP contribution in [0.1, 0.15) is 25.5 Å². The van der Waals surface area contributed by atoms with Crippen LogP contribution in [-0.4, -0.2) is 25.3 Å². The molecule has 0 aliphatic rings. The van der Waals surface area contributed by atoms with Gasteiger partial charge >= 0.3 is 6.36 Å².